The summed E-state index contributed by atoms with van der Waals surface area (Å²) < 4.78 is 0. The number of hydrogen-bond acceptors (Lipinski definition) is 6. The number of hydrogen-bond donors (Lipinski definition) is 3. The maximum absolute atomic E-state index is 11.5. The molecule has 2 aliphatic rings. The molecule has 1 saturated heterocycles. The number of carboxylic acids is 1. The first-order valence-corrected chi connectivity index (χ1v) is 7.60. The molecule has 24 heavy (non-hydrogen) atoms. The topological polar surface area (TPSA) is 104 Å². The van der Waals surface area contributed by atoms with Crippen LogP contribution in [0.25, 0.3) is 5.57 Å². The Labute approximate surface area is 163 Å². The summed E-state index contributed by atoms with van der Waals surface area (Å²) in [6.07, 6.45) is 0.910. The van der Waals surface area contributed by atoms with Crippen LogP contribution in [0.5, 0.6) is 5.75 Å². The van der Waals surface area contributed by atoms with Gasteiger partial charge in [-0.1, -0.05) is 12.1 Å². The molecule has 3 N–H and O–H groups in total. The number of carbonyl (C=O) groups is 1. The molecule has 0 bridgehead atoms. The van der Waals surface area contributed by atoms with Crippen molar-refractivity contribution in [3.05, 3.63) is 35.5 Å². The third-order valence-corrected chi connectivity index (χ3v) is 4.39. The smallest absolute Gasteiger partial charge is 0.543 e. The van der Waals surface area contributed by atoms with Gasteiger partial charge in [0.25, 0.3) is 0 Å². The van der Waals surface area contributed by atoms with Crippen LogP contribution in [-0.4, -0.2) is 52.0 Å². The number of aliphatic hydroxyl groups is 2. The van der Waals surface area contributed by atoms with Crippen LogP contribution in [0.4, 0.5) is 0 Å². The Bertz CT molecular complexity index is 617. The van der Waals surface area contributed by atoms with Crippen molar-refractivity contribution in [3.63, 3.8) is 0 Å². The van der Waals surface area contributed by atoms with Crippen molar-refractivity contribution < 1.29 is 54.8 Å². The van der Waals surface area contributed by atoms with Crippen molar-refractivity contribution in [1.82, 2.24) is 4.90 Å². The minimum absolute atomic E-state index is 0. The molecule has 3 atom stereocenters. The van der Waals surface area contributed by atoms with E-state index in [4.69, 9.17) is 5.11 Å². The molecule has 0 aliphatic carbocycles. The van der Waals surface area contributed by atoms with Gasteiger partial charge in [0.15, 0.2) is 0 Å². The molecular weight excluding hydrogens is 321 g/mol. The van der Waals surface area contributed by atoms with Gasteiger partial charge in [0.1, 0.15) is 5.75 Å². The van der Waals surface area contributed by atoms with E-state index in [2.05, 4.69) is 0 Å². The molecule has 2 aliphatic heterocycles. The van der Waals surface area contributed by atoms with Crippen molar-refractivity contribution >= 4 is 11.5 Å². The first-order chi connectivity index (χ1) is 11.0. The van der Waals surface area contributed by atoms with Gasteiger partial charge in [-0.3, -0.25) is 0 Å². The largest absolute Gasteiger partial charge is 1.00 e. The first-order valence-electron chi connectivity index (χ1n) is 7.60. The molecule has 0 spiro atoms. The third kappa shape index (κ3) is 4.13. The average Bonchev–Trinajstić information content (AvgIpc) is 2.80. The standard InChI is InChI=1S/C16H19NO4.CH4O.Na/c1-9(18)5-11-8-17-14(11)7-13(15(17)16(20)21)10-3-2-4-12(19)6-10;1-2;/h2-4,6,9,11,14,18-19H,5,7-8H2,1H3,(H,20,21);2H,1H3;/q;;+1/p-1/t9?,11?,14-;;/m1../s1. The van der Waals surface area contributed by atoms with Crippen molar-refractivity contribution in [1.29, 1.82) is 0 Å². The van der Waals surface area contributed by atoms with E-state index in [1.54, 1.807) is 31.2 Å². The van der Waals surface area contributed by atoms with Crippen molar-refractivity contribution in [2.24, 2.45) is 5.92 Å². The molecule has 3 rings (SSSR count). The fourth-order valence-electron chi connectivity index (χ4n) is 3.50. The molecule has 0 saturated carbocycles. The Morgan fingerprint density at radius 1 is 1.42 bits per heavy atom. The maximum atomic E-state index is 11.5. The molecule has 0 radical (unpaired) electrons. The number of phenols is 1. The quantitative estimate of drug-likeness (QED) is 0.502. The number of benzene rings is 1. The van der Waals surface area contributed by atoms with Crippen LogP contribution in [-0.2, 0) is 4.79 Å². The zero-order valence-electron chi connectivity index (χ0n) is 14.3. The number of carbonyl (C=O) groups excluding carboxylic acids is 1. The summed E-state index contributed by atoms with van der Waals surface area (Å²) in [5.74, 6) is -0.757. The van der Waals surface area contributed by atoms with Gasteiger partial charge in [0.05, 0.1) is 17.8 Å². The SMILES string of the molecule is CC(O)CC1CN2C(C(=O)[O-])=C(c3cccc(O)c3)C[C@H]12.CO.[Na+]. The van der Waals surface area contributed by atoms with Gasteiger partial charge in [-0.05, 0) is 49.0 Å². The summed E-state index contributed by atoms with van der Waals surface area (Å²) in [6.45, 7) is 2.39. The zero-order valence-corrected chi connectivity index (χ0v) is 16.3. The molecule has 1 aromatic carbocycles. The van der Waals surface area contributed by atoms with Gasteiger partial charge in [-0.25, -0.2) is 0 Å². The molecule has 1 fully saturated rings. The second-order valence-electron chi connectivity index (χ2n) is 5.93. The van der Waals surface area contributed by atoms with Crippen LogP contribution in [0.2, 0.25) is 0 Å². The summed E-state index contributed by atoms with van der Waals surface area (Å²) in [5.41, 5.74) is 1.66. The van der Waals surface area contributed by atoms with Gasteiger partial charge in [-0.15, -0.1) is 0 Å². The van der Waals surface area contributed by atoms with Gasteiger partial charge >= 0.3 is 29.6 Å². The van der Waals surface area contributed by atoms with Crippen molar-refractivity contribution in [2.75, 3.05) is 13.7 Å². The molecule has 0 aromatic heterocycles. The first kappa shape index (κ1) is 21.0. The Hall–Kier alpha value is -1.05. The zero-order chi connectivity index (χ0) is 17.1. The van der Waals surface area contributed by atoms with Crippen LogP contribution >= 0.6 is 0 Å². The van der Waals surface area contributed by atoms with E-state index in [1.165, 1.54) is 0 Å². The number of aromatic hydroxyl groups is 1. The van der Waals surface area contributed by atoms with E-state index in [0.717, 1.165) is 12.7 Å². The number of rotatable bonds is 4. The fourth-order valence-corrected chi connectivity index (χ4v) is 3.50. The Balaban J connectivity index is 0.000000925. The van der Waals surface area contributed by atoms with Crippen LogP contribution in [0.1, 0.15) is 25.3 Å². The van der Waals surface area contributed by atoms with Crippen molar-refractivity contribution in [3.8, 4) is 5.75 Å². The second-order valence-corrected chi connectivity index (χ2v) is 5.93. The van der Waals surface area contributed by atoms with Gasteiger partial charge in [-0.2, -0.15) is 0 Å². The number of phenolic OH excluding ortho intramolecular Hbond substituents is 1. The molecule has 2 heterocycles. The fraction of sp³-hybridized carbons (Fsp3) is 0.471. The minimum atomic E-state index is -1.17. The minimum Gasteiger partial charge on any atom is -0.543 e. The molecule has 1 aromatic rings. The van der Waals surface area contributed by atoms with Gasteiger partial charge in [0, 0.05) is 19.7 Å². The normalized spacial score (nSPS) is 22.6. The van der Waals surface area contributed by atoms with Crippen LogP contribution in [0, 0.1) is 5.92 Å². The Morgan fingerprint density at radius 2 is 2.08 bits per heavy atom. The van der Waals surface area contributed by atoms with E-state index >= 15 is 0 Å². The molecule has 0 amide bonds. The van der Waals surface area contributed by atoms with E-state index < -0.39 is 5.97 Å². The van der Waals surface area contributed by atoms with Crippen LogP contribution < -0.4 is 34.7 Å². The summed E-state index contributed by atoms with van der Waals surface area (Å²) in [5, 5.41) is 37.6. The monoisotopic (exact) mass is 343 g/mol. The molecule has 126 valence electrons. The molecule has 7 heteroatoms. The Kier molecular flexibility index (Phi) is 7.76. The summed E-state index contributed by atoms with van der Waals surface area (Å²) in [4.78, 5) is 13.3. The third-order valence-electron chi connectivity index (χ3n) is 4.39. The number of aliphatic hydroxyl groups excluding tert-OH is 2. The number of fused-ring (bicyclic) bond motifs is 1. The second kappa shape index (κ2) is 8.87. The van der Waals surface area contributed by atoms with Gasteiger partial charge in [0.2, 0.25) is 0 Å². The predicted molar refractivity (Wildman–Crippen MR) is 83.1 cm³/mol. The maximum Gasteiger partial charge on any atom is 1.00 e. The van der Waals surface area contributed by atoms with Crippen molar-refractivity contribution in [2.45, 2.75) is 31.9 Å². The molecular formula is C17H22NNaO5. The van der Waals surface area contributed by atoms with Crippen LogP contribution in [0.3, 0.4) is 0 Å². The Morgan fingerprint density at radius 3 is 2.62 bits per heavy atom. The number of nitrogens with zero attached hydrogens (tertiary/aromatic N) is 1. The number of carboxylic acid groups (broad SMARTS) is 1. The van der Waals surface area contributed by atoms with Crippen LogP contribution in [0.15, 0.2) is 30.0 Å². The van der Waals surface area contributed by atoms with E-state index in [9.17, 15) is 20.1 Å². The summed E-state index contributed by atoms with van der Waals surface area (Å²) >= 11 is 0. The molecule has 6 nitrogen and oxygen atoms in total. The average molecular weight is 343 g/mol. The molecule has 2 unspecified atom stereocenters. The summed E-state index contributed by atoms with van der Waals surface area (Å²) in [6, 6.07) is 6.75. The van der Waals surface area contributed by atoms with E-state index in [1.807, 2.05) is 4.90 Å². The van der Waals surface area contributed by atoms with E-state index in [0.29, 0.717) is 30.9 Å². The van der Waals surface area contributed by atoms with E-state index in [-0.39, 0.29) is 53.1 Å². The predicted octanol–water partition coefficient (Wildman–Crippen LogP) is -3.06. The van der Waals surface area contributed by atoms with Gasteiger partial charge < -0.3 is 30.1 Å². The number of aliphatic carboxylic acids is 1. The summed E-state index contributed by atoms with van der Waals surface area (Å²) in [7, 11) is 1.00.